The van der Waals surface area contributed by atoms with Crippen LogP contribution in [0.1, 0.15) is 25.8 Å². The predicted molar refractivity (Wildman–Crippen MR) is 68.7 cm³/mol. The molecule has 0 saturated heterocycles. The minimum atomic E-state index is -0.456. The standard InChI is InChI=1S/C13H16FN3O2/c1-7(2)11(18-3)12-16-13(19-17-12)9-6-8(15)4-5-10(9)14/h4-7,11H,15H2,1-3H3. The van der Waals surface area contributed by atoms with Crippen molar-refractivity contribution in [2.45, 2.75) is 20.0 Å². The van der Waals surface area contributed by atoms with Crippen LogP contribution in [0.5, 0.6) is 0 Å². The van der Waals surface area contributed by atoms with Crippen LogP contribution in [0.25, 0.3) is 11.5 Å². The van der Waals surface area contributed by atoms with E-state index in [2.05, 4.69) is 10.1 Å². The average molecular weight is 265 g/mol. The van der Waals surface area contributed by atoms with Crippen LogP contribution >= 0.6 is 0 Å². The van der Waals surface area contributed by atoms with E-state index in [0.717, 1.165) is 0 Å². The Bertz CT molecular complexity index is 569. The Labute approximate surface area is 110 Å². The molecule has 0 radical (unpaired) electrons. The van der Waals surface area contributed by atoms with E-state index in [1.165, 1.54) is 18.2 Å². The van der Waals surface area contributed by atoms with Crippen molar-refractivity contribution in [1.29, 1.82) is 0 Å². The van der Waals surface area contributed by atoms with Gasteiger partial charge in [0.15, 0.2) is 0 Å². The number of ether oxygens (including phenoxy) is 1. The van der Waals surface area contributed by atoms with Crippen molar-refractivity contribution in [3.63, 3.8) is 0 Å². The number of hydrogen-bond donors (Lipinski definition) is 1. The third kappa shape index (κ3) is 2.73. The summed E-state index contributed by atoms with van der Waals surface area (Å²) < 4.78 is 24.1. The number of nitrogens with two attached hydrogens (primary N) is 1. The molecule has 1 aromatic carbocycles. The molecule has 0 amide bonds. The molecule has 2 aromatic rings. The van der Waals surface area contributed by atoms with Crippen molar-refractivity contribution in [2.75, 3.05) is 12.8 Å². The molecule has 1 aromatic heterocycles. The third-order valence-corrected chi connectivity index (χ3v) is 2.78. The van der Waals surface area contributed by atoms with E-state index in [-0.39, 0.29) is 23.5 Å². The first-order valence-electron chi connectivity index (χ1n) is 5.94. The topological polar surface area (TPSA) is 74.2 Å². The van der Waals surface area contributed by atoms with Crippen molar-refractivity contribution in [2.24, 2.45) is 5.92 Å². The van der Waals surface area contributed by atoms with Gasteiger partial charge in [-0.05, 0) is 24.1 Å². The van der Waals surface area contributed by atoms with Crippen LogP contribution in [0.3, 0.4) is 0 Å². The average Bonchev–Trinajstić information content (AvgIpc) is 2.82. The van der Waals surface area contributed by atoms with Crippen LogP contribution in [0.15, 0.2) is 22.7 Å². The van der Waals surface area contributed by atoms with Crippen molar-refractivity contribution >= 4 is 5.69 Å². The molecule has 0 spiro atoms. The predicted octanol–water partition coefficient (Wildman–Crippen LogP) is 2.80. The van der Waals surface area contributed by atoms with Gasteiger partial charge >= 0.3 is 0 Å². The van der Waals surface area contributed by atoms with E-state index in [1.807, 2.05) is 13.8 Å². The fourth-order valence-electron chi connectivity index (χ4n) is 1.84. The molecule has 0 aliphatic carbocycles. The van der Waals surface area contributed by atoms with Gasteiger partial charge in [-0.3, -0.25) is 0 Å². The molecular weight excluding hydrogens is 249 g/mol. The fourth-order valence-corrected chi connectivity index (χ4v) is 1.84. The molecular formula is C13H16FN3O2. The lowest BCUT2D eigenvalue weighted by Crippen LogP contribution is -2.10. The largest absolute Gasteiger partial charge is 0.399 e. The molecule has 1 heterocycles. The number of halogens is 1. The lowest BCUT2D eigenvalue weighted by atomic mass is 10.1. The fraction of sp³-hybridized carbons (Fsp3) is 0.385. The van der Waals surface area contributed by atoms with E-state index in [0.29, 0.717) is 11.5 Å². The highest BCUT2D eigenvalue weighted by molar-refractivity contribution is 5.60. The number of methoxy groups -OCH3 is 1. The maximum atomic E-state index is 13.7. The quantitative estimate of drug-likeness (QED) is 0.860. The van der Waals surface area contributed by atoms with E-state index in [9.17, 15) is 4.39 Å². The van der Waals surface area contributed by atoms with Crippen LogP contribution in [-0.4, -0.2) is 17.3 Å². The number of hydrogen-bond acceptors (Lipinski definition) is 5. The normalized spacial score (nSPS) is 12.9. The van der Waals surface area contributed by atoms with Gasteiger partial charge in [0.25, 0.3) is 5.89 Å². The van der Waals surface area contributed by atoms with E-state index in [4.69, 9.17) is 15.0 Å². The maximum Gasteiger partial charge on any atom is 0.261 e. The van der Waals surface area contributed by atoms with Crippen LogP contribution < -0.4 is 5.73 Å². The Balaban J connectivity index is 2.38. The molecule has 2 rings (SSSR count). The summed E-state index contributed by atoms with van der Waals surface area (Å²) >= 11 is 0. The molecule has 1 unspecified atom stereocenters. The highest BCUT2D eigenvalue weighted by Gasteiger charge is 2.22. The molecule has 102 valence electrons. The van der Waals surface area contributed by atoms with Gasteiger partial charge in [-0.25, -0.2) is 4.39 Å². The molecule has 2 N–H and O–H groups in total. The van der Waals surface area contributed by atoms with Gasteiger partial charge in [-0.1, -0.05) is 19.0 Å². The molecule has 0 aliphatic rings. The zero-order valence-corrected chi connectivity index (χ0v) is 11.1. The molecule has 6 heteroatoms. The zero-order valence-electron chi connectivity index (χ0n) is 11.1. The lowest BCUT2D eigenvalue weighted by molar-refractivity contribution is 0.0556. The lowest BCUT2D eigenvalue weighted by Gasteiger charge is -2.14. The molecule has 19 heavy (non-hydrogen) atoms. The first kappa shape index (κ1) is 13.5. The Kier molecular flexibility index (Phi) is 3.80. The van der Waals surface area contributed by atoms with Crippen LogP contribution in [0.2, 0.25) is 0 Å². The van der Waals surface area contributed by atoms with Crippen molar-refractivity contribution < 1.29 is 13.7 Å². The minimum absolute atomic E-state index is 0.0995. The Morgan fingerprint density at radius 2 is 2.11 bits per heavy atom. The van der Waals surface area contributed by atoms with Gasteiger partial charge < -0.3 is 15.0 Å². The van der Waals surface area contributed by atoms with Gasteiger partial charge in [0.05, 0.1) is 5.56 Å². The number of rotatable bonds is 4. The molecule has 0 saturated carbocycles. The second-order valence-corrected chi connectivity index (χ2v) is 4.60. The zero-order chi connectivity index (χ0) is 14.0. The monoisotopic (exact) mass is 265 g/mol. The van der Waals surface area contributed by atoms with E-state index >= 15 is 0 Å². The summed E-state index contributed by atoms with van der Waals surface area (Å²) in [6.07, 6.45) is -0.290. The summed E-state index contributed by atoms with van der Waals surface area (Å²) in [7, 11) is 1.57. The summed E-state index contributed by atoms with van der Waals surface area (Å²) in [5.41, 5.74) is 6.25. The number of aromatic nitrogens is 2. The van der Waals surface area contributed by atoms with Gasteiger partial charge in [0, 0.05) is 12.8 Å². The summed E-state index contributed by atoms with van der Waals surface area (Å²) in [5.74, 6) is 0.223. The summed E-state index contributed by atoms with van der Waals surface area (Å²) in [6, 6.07) is 4.21. The number of nitrogens with zero attached hydrogens (tertiary/aromatic N) is 2. The SMILES string of the molecule is COC(c1noc(-c2cc(N)ccc2F)n1)C(C)C. The van der Waals surface area contributed by atoms with Crippen molar-refractivity contribution in [1.82, 2.24) is 10.1 Å². The first-order valence-corrected chi connectivity index (χ1v) is 5.94. The van der Waals surface area contributed by atoms with Crippen LogP contribution in [0.4, 0.5) is 10.1 Å². The third-order valence-electron chi connectivity index (χ3n) is 2.78. The van der Waals surface area contributed by atoms with Crippen LogP contribution in [0, 0.1) is 11.7 Å². The summed E-state index contributed by atoms with van der Waals surface area (Å²) in [5, 5.41) is 3.84. The molecule has 0 aliphatic heterocycles. The molecule has 0 fully saturated rings. The maximum absolute atomic E-state index is 13.7. The van der Waals surface area contributed by atoms with Crippen molar-refractivity contribution in [3.8, 4) is 11.5 Å². The second-order valence-electron chi connectivity index (χ2n) is 4.60. The van der Waals surface area contributed by atoms with E-state index < -0.39 is 5.82 Å². The number of nitrogen functional groups attached to an aromatic ring is 1. The Morgan fingerprint density at radius 3 is 2.74 bits per heavy atom. The second kappa shape index (κ2) is 5.36. The first-order chi connectivity index (χ1) is 9.02. The van der Waals surface area contributed by atoms with Gasteiger partial charge in [-0.15, -0.1) is 0 Å². The minimum Gasteiger partial charge on any atom is -0.399 e. The van der Waals surface area contributed by atoms with Gasteiger partial charge in [0.1, 0.15) is 11.9 Å². The highest BCUT2D eigenvalue weighted by atomic mass is 19.1. The van der Waals surface area contributed by atoms with E-state index in [1.54, 1.807) is 7.11 Å². The van der Waals surface area contributed by atoms with Crippen LogP contribution in [-0.2, 0) is 4.74 Å². The smallest absolute Gasteiger partial charge is 0.261 e. The molecule has 0 bridgehead atoms. The van der Waals surface area contributed by atoms with Gasteiger partial charge in [-0.2, -0.15) is 4.98 Å². The summed E-state index contributed by atoms with van der Waals surface area (Å²) in [4.78, 5) is 4.18. The molecule has 5 nitrogen and oxygen atoms in total. The van der Waals surface area contributed by atoms with Gasteiger partial charge in [0.2, 0.25) is 5.82 Å². The molecule has 1 atom stereocenters. The Morgan fingerprint density at radius 1 is 1.37 bits per heavy atom. The Hall–Kier alpha value is -1.95. The van der Waals surface area contributed by atoms with Crippen molar-refractivity contribution in [3.05, 3.63) is 29.8 Å². The number of anilines is 1. The highest BCUT2D eigenvalue weighted by Crippen LogP contribution is 2.27. The summed E-state index contributed by atoms with van der Waals surface area (Å²) in [6.45, 7) is 3.95. The number of benzene rings is 1.